The van der Waals surface area contributed by atoms with Crippen molar-refractivity contribution in [1.29, 1.82) is 0 Å². The van der Waals surface area contributed by atoms with Crippen LogP contribution in [0.15, 0.2) is 21.5 Å². The predicted molar refractivity (Wildman–Crippen MR) is 74.9 cm³/mol. The molecule has 1 amide bonds. The highest BCUT2D eigenvalue weighted by atomic mass is 16.3. The van der Waals surface area contributed by atoms with Gasteiger partial charge in [0, 0.05) is 12.1 Å². The maximum atomic E-state index is 10.9. The third-order valence-electron chi connectivity index (χ3n) is 2.14. The Hall–Kier alpha value is -1.98. The Balaban J connectivity index is 2.71. The predicted octanol–water partition coefficient (Wildman–Crippen LogP) is 1.23. The van der Waals surface area contributed by atoms with Gasteiger partial charge in [-0.1, -0.05) is 0 Å². The highest BCUT2D eigenvalue weighted by Gasteiger charge is 2.12. The first-order valence-corrected chi connectivity index (χ1v) is 6.27. The molecule has 4 N–H and O–H groups in total. The van der Waals surface area contributed by atoms with E-state index in [0.717, 1.165) is 6.54 Å². The third-order valence-corrected chi connectivity index (χ3v) is 2.14. The molecule has 106 valence electrons. The molecule has 0 aliphatic carbocycles. The number of primary amides is 1. The SMILES string of the molecule is CCNC(=NCc1ccc(C(N)=O)o1)NC(C)(C)C. The van der Waals surface area contributed by atoms with Crippen LogP contribution in [0.4, 0.5) is 0 Å². The number of carbonyl (C=O) groups is 1. The summed E-state index contributed by atoms with van der Waals surface area (Å²) in [5, 5.41) is 6.41. The Kier molecular flexibility index (Phi) is 4.97. The summed E-state index contributed by atoms with van der Waals surface area (Å²) in [6.07, 6.45) is 0. The maximum Gasteiger partial charge on any atom is 0.284 e. The molecule has 19 heavy (non-hydrogen) atoms. The monoisotopic (exact) mass is 266 g/mol. The molecule has 0 saturated carbocycles. The van der Waals surface area contributed by atoms with Crippen LogP contribution in [0.1, 0.15) is 44.0 Å². The first-order valence-electron chi connectivity index (χ1n) is 6.27. The minimum Gasteiger partial charge on any atom is -0.454 e. The van der Waals surface area contributed by atoms with Gasteiger partial charge >= 0.3 is 0 Å². The van der Waals surface area contributed by atoms with E-state index in [4.69, 9.17) is 10.2 Å². The summed E-state index contributed by atoms with van der Waals surface area (Å²) >= 11 is 0. The molecule has 6 nitrogen and oxygen atoms in total. The summed E-state index contributed by atoms with van der Waals surface area (Å²) in [4.78, 5) is 15.3. The van der Waals surface area contributed by atoms with E-state index in [2.05, 4.69) is 36.4 Å². The lowest BCUT2D eigenvalue weighted by molar-refractivity contribution is 0.0972. The van der Waals surface area contributed by atoms with Crippen LogP contribution in [0, 0.1) is 0 Å². The van der Waals surface area contributed by atoms with Crippen molar-refractivity contribution in [3.8, 4) is 0 Å². The van der Waals surface area contributed by atoms with E-state index in [0.29, 0.717) is 18.3 Å². The van der Waals surface area contributed by atoms with Crippen molar-refractivity contribution >= 4 is 11.9 Å². The van der Waals surface area contributed by atoms with Gasteiger partial charge < -0.3 is 20.8 Å². The summed E-state index contributed by atoms with van der Waals surface area (Å²) in [6.45, 7) is 9.27. The van der Waals surface area contributed by atoms with Crippen LogP contribution < -0.4 is 16.4 Å². The quantitative estimate of drug-likeness (QED) is 0.564. The molecule has 0 aromatic carbocycles. The Labute approximate surface area is 113 Å². The Bertz CT molecular complexity index is 457. The number of furan rings is 1. The highest BCUT2D eigenvalue weighted by Crippen LogP contribution is 2.08. The van der Waals surface area contributed by atoms with Crippen LogP contribution in [0.25, 0.3) is 0 Å². The smallest absolute Gasteiger partial charge is 0.284 e. The van der Waals surface area contributed by atoms with Gasteiger partial charge in [-0.3, -0.25) is 4.79 Å². The average Bonchev–Trinajstić information content (AvgIpc) is 2.73. The van der Waals surface area contributed by atoms with Gasteiger partial charge in [0.2, 0.25) is 0 Å². The number of nitrogens with two attached hydrogens (primary N) is 1. The van der Waals surface area contributed by atoms with Crippen LogP contribution >= 0.6 is 0 Å². The lowest BCUT2D eigenvalue weighted by atomic mass is 10.1. The summed E-state index contributed by atoms with van der Waals surface area (Å²) in [7, 11) is 0. The van der Waals surface area contributed by atoms with Gasteiger partial charge in [-0.05, 0) is 39.8 Å². The normalized spacial score (nSPS) is 12.3. The van der Waals surface area contributed by atoms with Crippen LogP contribution in [-0.2, 0) is 6.54 Å². The summed E-state index contributed by atoms with van der Waals surface area (Å²) < 4.78 is 5.27. The first-order chi connectivity index (χ1) is 8.81. The Morgan fingerprint density at radius 2 is 2.11 bits per heavy atom. The van der Waals surface area contributed by atoms with Crippen molar-refractivity contribution in [2.75, 3.05) is 6.54 Å². The van der Waals surface area contributed by atoms with Gasteiger partial charge in [-0.25, -0.2) is 4.99 Å². The number of carbonyl (C=O) groups excluding carboxylic acids is 1. The molecule has 0 aliphatic heterocycles. The molecule has 0 unspecified atom stereocenters. The van der Waals surface area contributed by atoms with Gasteiger partial charge in [0.05, 0.1) is 0 Å². The van der Waals surface area contributed by atoms with E-state index in [9.17, 15) is 4.79 Å². The standard InChI is InChI=1S/C13H22N4O2/c1-5-15-12(17-13(2,3)4)16-8-9-6-7-10(19-9)11(14)18/h6-7H,5,8H2,1-4H3,(H2,14,18)(H2,15,16,17). The summed E-state index contributed by atoms with van der Waals surface area (Å²) in [5.74, 6) is 0.876. The Morgan fingerprint density at radius 1 is 1.42 bits per heavy atom. The second kappa shape index (κ2) is 6.26. The number of guanidine groups is 1. The van der Waals surface area contributed by atoms with E-state index in [1.807, 2.05) is 6.92 Å². The first kappa shape index (κ1) is 15.1. The molecule has 0 radical (unpaired) electrons. The van der Waals surface area contributed by atoms with Gasteiger partial charge in [0.25, 0.3) is 5.91 Å². The maximum absolute atomic E-state index is 10.9. The summed E-state index contributed by atoms with van der Waals surface area (Å²) in [5.41, 5.74) is 5.04. The summed E-state index contributed by atoms with van der Waals surface area (Å²) in [6, 6.07) is 3.25. The zero-order valence-corrected chi connectivity index (χ0v) is 11.9. The van der Waals surface area contributed by atoms with Crippen LogP contribution in [-0.4, -0.2) is 24.0 Å². The van der Waals surface area contributed by atoms with Crippen LogP contribution in [0.3, 0.4) is 0 Å². The Morgan fingerprint density at radius 3 is 2.58 bits per heavy atom. The molecule has 0 spiro atoms. The van der Waals surface area contributed by atoms with E-state index in [1.165, 1.54) is 0 Å². The van der Waals surface area contributed by atoms with E-state index in [1.54, 1.807) is 12.1 Å². The molecular formula is C13H22N4O2. The van der Waals surface area contributed by atoms with Gasteiger partial charge in [-0.15, -0.1) is 0 Å². The van der Waals surface area contributed by atoms with Gasteiger partial charge in [-0.2, -0.15) is 0 Å². The van der Waals surface area contributed by atoms with Crippen molar-refractivity contribution in [3.63, 3.8) is 0 Å². The van der Waals surface area contributed by atoms with Crippen molar-refractivity contribution in [2.45, 2.75) is 39.8 Å². The van der Waals surface area contributed by atoms with Crippen molar-refractivity contribution in [1.82, 2.24) is 10.6 Å². The number of hydrogen-bond acceptors (Lipinski definition) is 3. The second-order valence-electron chi connectivity index (χ2n) is 5.20. The van der Waals surface area contributed by atoms with E-state index >= 15 is 0 Å². The van der Waals surface area contributed by atoms with Crippen molar-refractivity contribution in [3.05, 3.63) is 23.7 Å². The molecule has 6 heteroatoms. The molecule has 0 fully saturated rings. The fraction of sp³-hybridized carbons (Fsp3) is 0.538. The molecule has 1 aromatic rings. The fourth-order valence-corrected chi connectivity index (χ4v) is 1.41. The molecule has 0 atom stereocenters. The van der Waals surface area contributed by atoms with Crippen LogP contribution in [0.2, 0.25) is 0 Å². The molecule has 1 rings (SSSR count). The van der Waals surface area contributed by atoms with E-state index < -0.39 is 5.91 Å². The zero-order valence-electron chi connectivity index (χ0n) is 11.9. The van der Waals surface area contributed by atoms with Gasteiger partial charge in [0.15, 0.2) is 11.7 Å². The van der Waals surface area contributed by atoms with Crippen molar-refractivity contribution in [2.24, 2.45) is 10.7 Å². The number of rotatable bonds is 4. The van der Waals surface area contributed by atoms with Gasteiger partial charge in [0.1, 0.15) is 12.3 Å². The number of aliphatic imine (C=N–C) groups is 1. The second-order valence-corrected chi connectivity index (χ2v) is 5.20. The minimum atomic E-state index is -0.574. The average molecular weight is 266 g/mol. The lowest BCUT2D eigenvalue weighted by Gasteiger charge is -2.23. The van der Waals surface area contributed by atoms with Crippen LogP contribution in [0.5, 0.6) is 0 Å². The number of nitrogens with one attached hydrogen (secondary N) is 2. The molecular weight excluding hydrogens is 244 g/mol. The van der Waals surface area contributed by atoms with E-state index in [-0.39, 0.29) is 11.3 Å². The third kappa shape index (κ3) is 5.46. The number of nitrogens with zero attached hydrogens (tertiary/aromatic N) is 1. The molecule has 1 aromatic heterocycles. The fourth-order valence-electron chi connectivity index (χ4n) is 1.41. The number of amides is 1. The molecule has 0 saturated heterocycles. The molecule has 0 aliphatic rings. The molecule has 1 heterocycles. The largest absolute Gasteiger partial charge is 0.454 e. The number of hydrogen-bond donors (Lipinski definition) is 3. The zero-order chi connectivity index (χ0) is 14.5. The lowest BCUT2D eigenvalue weighted by Crippen LogP contribution is -2.47. The molecule has 0 bridgehead atoms. The topological polar surface area (TPSA) is 92.6 Å². The highest BCUT2D eigenvalue weighted by molar-refractivity contribution is 5.89. The minimum absolute atomic E-state index is 0.0808. The van der Waals surface area contributed by atoms with Crippen molar-refractivity contribution < 1.29 is 9.21 Å².